The molecule has 0 bridgehead atoms. The number of benzene rings is 2. The molecule has 4 rings (SSSR count). The van der Waals surface area contributed by atoms with Gasteiger partial charge in [-0.2, -0.15) is 23.5 Å². The van der Waals surface area contributed by atoms with Gasteiger partial charge in [0.05, 0.1) is 17.8 Å². The molecule has 182 valence electrons. The zero-order valence-corrected chi connectivity index (χ0v) is 20.8. The lowest BCUT2D eigenvalue weighted by Crippen LogP contribution is -2.42. The fourth-order valence-corrected chi connectivity index (χ4v) is 6.07. The second-order valence-electron chi connectivity index (χ2n) is 8.27. The number of amides is 1. The van der Waals surface area contributed by atoms with Gasteiger partial charge in [0.2, 0.25) is 0 Å². The summed E-state index contributed by atoms with van der Waals surface area (Å²) in [5.74, 6) is 3.69. The molecule has 1 unspecified atom stereocenters. The summed E-state index contributed by atoms with van der Waals surface area (Å²) in [4.78, 5) is 18.6. The first-order valence-corrected chi connectivity index (χ1v) is 13.7. The van der Waals surface area contributed by atoms with E-state index in [1.165, 1.54) is 17.1 Å². The number of nitrogens with zero attached hydrogens (tertiary/aromatic N) is 1. The molecule has 0 saturated carbocycles. The number of thioether (sulfide) groups is 2. The lowest BCUT2D eigenvalue weighted by atomic mass is 10.2. The molecule has 9 heteroatoms. The van der Waals surface area contributed by atoms with Crippen molar-refractivity contribution in [2.45, 2.75) is 11.0 Å². The normalized spacial score (nSPS) is 15.3. The van der Waals surface area contributed by atoms with Crippen LogP contribution in [0.1, 0.15) is 16.1 Å². The fourth-order valence-electron chi connectivity index (χ4n) is 3.95. The number of nitrogen functional groups attached to an aromatic ring is 1. The number of carbonyl (C=O) groups excluding carboxylic acids is 1. The van der Waals surface area contributed by atoms with Gasteiger partial charge >= 0.3 is 0 Å². The van der Waals surface area contributed by atoms with Gasteiger partial charge in [0.25, 0.3) is 5.91 Å². The van der Waals surface area contributed by atoms with Crippen LogP contribution in [0.2, 0.25) is 0 Å². The van der Waals surface area contributed by atoms with Crippen LogP contribution < -0.4 is 15.8 Å². The van der Waals surface area contributed by atoms with Gasteiger partial charge in [0.15, 0.2) is 0 Å². The zero-order valence-electron chi connectivity index (χ0n) is 19.2. The monoisotopic (exact) mass is 500 g/mol. The minimum Gasteiger partial charge on any atom is -0.491 e. The third-order valence-corrected chi connectivity index (χ3v) is 7.95. The van der Waals surface area contributed by atoms with Crippen LogP contribution in [0, 0.1) is 0 Å². The Morgan fingerprint density at radius 2 is 2.03 bits per heavy atom. The molecule has 1 fully saturated rings. The number of hydrogen-bond donors (Lipinski definition) is 4. The van der Waals surface area contributed by atoms with E-state index in [-0.39, 0.29) is 19.1 Å². The summed E-state index contributed by atoms with van der Waals surface area (Å²) in [6.07, 6.45) is 0. The van der Waals surface area contributed by atoms with Crippen LogP contribution in [-0.4, -0.2) is 77.0 Å². The number of ether oxygens (including phenoxy) is 1. The summed E-state index contributed by atoms with van der Waals surface area (Å²) in [7, 11) is 0. The Balaban J connectivity index is 1.40. The van der Waals surface area contributed by atoms with E-state index in [1.807, 2.05) is 35.7 Å². The number of carbonyl (C=O) groups is 1. The topological polar surface area (TPSA) is 104 Å². The van der Waals surface area contributed by atoms with E-state index in [4.69, 9.17) is 15.6 Å². The summed E-state index contributed by atoms with van der Waals surface area (Å²) in [6.45, 7) is 3.88. The smallest absolute Gasteiger partial charge is 0.267 e. The highest BCUT2D eigenvalue weighted by atomic mass is 32.2. The van der Waals surface area contributed by atoms with E-state index in [0.29, 0.717) is 34.4 Å². The Kier molecular flexibility index (Phi) is 9.04. The van der Waals surface area contributed by atoms with E-state index in [1.54, 1.807) is 12.1 Å². The number of aromatic amines is 1. The van der Waals surface area contributed by atoms with E-state index >= 15 is 0 Å². The Bertz CT molecular complexity index is 1070. The van der Waals surface area contributed by atoms with Gasteiger partial charge < -0.3 is 30.8 Å². The molecule has 5 N–H and O–H groups in total. The Morgan fingerprint density at radius 3 is 2.79 bits per heavy atom. The lowest BCUT2D eigenvalue weighted by Gasteiger charge is -2.30. The van der Waals surface area contributed by atoms with Crippen molar-refractivity contribution in [1.82, 2.24) is 15.2 Å². The van der Waals surface area contributed by atoms with Crippen molar-refractivity contribution in [1.29, 1.82) is 0 Å². The minimum atomic E-state index is -0.145. The number of hydrogen-bond acceptors (Lipinski definition) is 7. The maximum Gasteiger partial charge on any atom is 0.267 e. The first-order chi connectivity index (χ1) is 16.6. The predicted molar refractivity (Wildman–Crippen MR) is 143 cm³/mol. The first-order valence-electron chi connectivity index (χ1n) is 11.5. The third kappa shape index (κ3) is 6.85. The number of nitrogens with one attached hydrogen (secondary N) is 2. The molecule has 34 heavy (non-hydrogen) atoms. The number of aliphatic hydroxyl groups excluding tert-OH is 1. The molecule has 1 saturated heterocycles. The lowest BCUT2D eigenvalue weighted by molar-refractivity contribution is 0.0948. The zero-order chi connectivity index (χ0) is 23.8. The van der Waals surface area contributed by atoms with Crippen LogP contribution in [0.3, 0.4) is 0 Å². The van der Waals surface area contributed by atoms with Gasteiger partial charge in [0.1, 0.15) is 18.1 Å². The molecule has 0 radical (unpaired) electrons. The van der Waals surface area contributed by atoms with E-state index < -0.39 is 0 Å². The Labute approximate surface area is 208 Å². The van der Waals surface area contributed by atoms with Gasteiger partial charge in [-0.1, -0.05) is 30.3 Å². The molecule has 1 atom stereocenters. The number of aliphatic hydroxyl groups is 1. The van der Waals surface area contributed by atoms with Crippen molar-refractivity contribution in [2.75, 3.05) is 56.6 Å². The highest BCUT2D eigenvalue weighted by Gasteiger charge is 2.19. The molecule has 2 aromatic carbocycles. The maximum atomic E-state index is 13.0. The van der Waals surface area contributed by atoms with E-state index in [0.717, 1.165) is 30.8 Å². The predicted octanol–water partition coefficient (Wildman–Crippen LogP) is 3.20. The van der Waals surface area contributed by atoms with Gasteiger partial charge in [0, 0.05) is 60.1 Å². The van der Waals surface area contributed by atoms with Crippen LogP contribution in [-0.2, 0) is 5.75 Å². The maximum absolute atomic E-state index is 13.0. The third-order valence-electron chi connectivity index (χ3n) is 5.72. The van der Waals surface area contributed by atoms with Crippen molar-refractivity contribution in [3.8, 4) is 5.75 Å². The number of anilines is 1. The van der Waals surface area contributed by atoms with Crippen LogP contribution >= 0.6 is 23.5 Å². The standard InChI is InChI=1S/C25H32N4O3S2/c26-22-14-20(32-9-8-30)12-19-13-23(28-24(19)22)25(31)27-15-21(16-29-6-10-33-11-7-29)34-17-18-4-2-1-3-5-18/h1-5,12-14,21,28,30H,6-11,15-17,26H2,(H,27,31). The van der Waals surface area contributed by atoms with Crippen LogP contribution in [0.4, 0.5) is 5.69 Å². The van der Waals surface area contributed by atoms with Crippen molar-refractivity contribution in [3.63, 3.8) is 0 Å². The van der Waals surface area contributed by atoms with Gasteiger partial charge in [-0.05, 0) is 17.7 Å². The molecule has 0 aliphatic carbocycles. The van der Waals surface area contributed by atoms with E-state index in [2.05, 4.69) is 39.5 Å². The first kappa shape index (κ1) is 24.8. The average molecular weight is 501 g/mol. The minimum absolute atomic E-state index is 0.0710. The average Bonchev–Trinajstić information content (AvgIpc) is 3.30. The van der Waals surface area contributed by atoms with Crippen LogP contribution in [0.25, 0.3) is 10.9 Å². The Morgan fingerprint density at radius 1 is 1.24 bits per heavy atom. The molecule has 1 aliphatic rings. The number of H-pyrrole nitrogens is 1. The van der Waals surface area contributed by atoms with Gasteiger partial charge in [-0.15, -0.1) is 0 Å². The van der Waals surface area contributed by atoms with Crippen molar-refractivity contribution in [2.24, 2.45) is 0 Å². The molecule has 7 nitrogen and oxygen atoms in total. The second-order valence-corrected chi connectivity index (χ2v) is 10.8. The summed E-state index contributed by atoms with van der Waals surface area (Å²) in [5, 5.41) is 13.2. The van der Waals surface area contributed by atoms with Gasteiger partial charge in [-0.25, -0.2) is 0 Å². The van der Waals surface area contributed by atoms with E-state index in [9.17, 15) is 4.79 Å². The van der Waals surface area contributed by atoms with Crippen LogP contribution in [0.15, 0.2) is 48.5 Å². The molecule has 2 heterocycles. The SMILES string of the molecule is Nc1cc(OCCO)cc2cc(C(=O)NCC(CN3CCSCC3)SCc3ccccc3)[nH]c12. The molecule has 1 amide bonds. The highest BCUT2D eigenvalue weighted by molar-refractivity contribution is 7.99. The second kappa shape index (κ2) is 12.4. The highest BCUT2D eigenvalue weighted by Crippen LogP contribution is 2.28. The van der Waals surface area contributed by atoms with Crippen molar-refractivity contribution >= 4 is 46.0 Å². The summed E-state index contributed by atoms with van der Waals surface area (Å²) in [5.41, 5.74) is 9.13. The fraction of sp³-hybridized carbons (Fsp3) is 0.400. The summed E-state index contributed by atoms with van der Waals surface area (Å²) in [6, 6.07) is 15.8. The van der Waals surface area contributed by atoms with Crippen molar-refractivity contribution < 1.29 is 14.6 Å². The largest absolute Gasteiger partial charge is 0.491 e. The van der Waals surface area contributed by atoms with Crippen LogP contribution in [0.5, 0.6) is 5.75 Å². The molecular weight excluding hydrogens is 468 g/mol. The number of aromatic nitrogens is 1. The molecular formula is C25H32N4O3S2. The van der Waals surface area contributed by atoms with Gasteiger partial charge in [-0.3, -0.25) is 4.79 Å². The molecule has 1 aliphatic heterocycles. The molecule has 3 aromatic rings. The molecule has 1 aromatic heterocycles. The number of rotatable bonds is 11. The number of nitrogens with two attached hydrogens (primary N) is 1. The quantitative estimate of drug-likeness (QED) is 0.300. The molecule has 0 spiro atoms. The summed E-state index contributed by atoms with van der Waals surface area (Å²) < 4.78 is 5.47. The number of fused-ring (bicyclic) bond motifs is 1. The summed E-state index contributed by atoms with van der Waals surface area (Å²) >= 11 is 3.90. The Hall–Kier alpha value is -2.33. The van der Waals surface area contributed by atoms with Crippen molar-refractivity contribution in [3.05, 3.63) is 59.8 Å².